The van der Waals surface area contributed by atoms with E-state index in [9.17, 15) is 17.2 Å². The summed E-state index contributed by atoms with van der Waals surface area (Å²) in [5.74, 6) is -1.37. The molecule has 0 amide bonds. The molecule has 0 aromatic rings. The average molecular weight is 156 g/mol. The van der Waals surface area contributed by atoms with Crippen LogP contribution in [0.5, 0.6) is 0 Å². The van der Waals surface area contributed by atoms with Crippen molar-refractivity contribution in [3.05, 3.63) is 0 Å². The predicted molar refractivity (Wildman–Crippen MR) is 27.9 cm³/mol. The van der Waals surface area contributed by atoms with Crippen molar-refractivity contribution < 1.29 is 17.2 Å². The normalized spacial score (nSPS) is 37.4. The minimum Gasteiger partial charge on any atom is -0.223 e. The first-order valence-corrected chi connectivity index (χ1v) is 4.13. The van der Waals surface area contributed by atoms with Crippen LogP contribution in [0.2, 0.25) is 0 Å². The highest BCUT2D eigenvalue weighted by atomic mass is 32.2. The standard InChI is InChI=1S/C4H6F2O2S/c1-3-2-9(7,8)4(3,5)6/h3H,2H2,1H3. The zero-order valence-electron chi connectivity index (χ0n) is 4.77. The second-order valence-electron chi connectivity index (χ2n) is 2.24. The summed E-state index contributed by atoms with van der Waals surface area (Å²) in [5, 5.41) is -3.45. The molecule has 9 heavy (non-hydrogen) atoms. The number of rotatable bonds is 0. The van der Waals surface area contributed by atoms with Crippen LogP contribution in [0.15, 0.2) is 0 Å². The van der Waals surface area contributed by atoms with Crippen molar-refractivity contribution in [2.45, 2.75) is 12.2 Å². The molecule has 1 rings (SSSR count). The first-order chi connectivity index (χ1) is 3.88. The minimum absolute atomic E-state index is 0.375. The lowest BCUT2D eigenvalue weighted by Gasteiger charge is -2.32. The quantitative estimate of drug-likeness (QED) is 0.516. The van der Waals surface area contributed by atoms with Gasteiger partial charge in [-0.3, -0.25) is 0 Å². The van der Waals surface area contributed by atoms with Crippen molar-refractivity contribution in [3.8, 4) is 0 Å². The summed E-state index contributed by atoms with van der Waals surface area (Å²) in [5.41, 5.74) is 0. The van der Waals surface area contributed by atoms with E-state index >= 15 is 0 Å². The molecule has 1 atom stereocenters. The molecule has 54 valence electrons. The Morgan fingerprint density at radius 1 is 1.56 bits per heavy atom. The van der Waals surface area contributed by atoms with Crippen LogP contribution in [-0.2, 0) is 9.84 Å². The lowest BCUT2D eigenvalue weighted by Crippen LogP contribution is -2.51. The zero-order valence-corrected chi connectivity index (χ0v) is 5.58. The van der Waals surface area contributed by atoms with Gasteiger partial charge in [-0.2, -0.15) is 8.78 Å². The van der Waals surface area contributed by atoms with Crippen molar-refractivity contribution in [2.24, 2.45) is 5.92 Å². The van der Waals surface area contributed by atoms with Gasteiger partial charge in [-0.05, 0) is 0 Å². The Morgan fingerprint density at radius 3 is 2.00 bits per heavy atom. The molecule has 1 saturated heterocycles. The number of alkyl halides is 2. The number of hydrogen-bond donors (Lipinski definition) is 0. The second kappa shape index (κ2) is 1.45. The van der Waals surface area contributed by atoms with Crippen molar-refractivity contribution in [3.63, 3.8) is 0 Å². The number of sulfone groups is 1. The molecule has 1 aliphatic heterocycles. The van der Waals surface area contributed by atoms with Gasteiger partial charge in [0, 0.05) is 5.92 Å². The van der Waals surface area contributed by atoms with Crippen molar-refractivity contribution >= 4 is 9.84 Å². The van der Waals surface area contributed by atoms with E-state index in [1.54, 1.807) is 0 Å². The topological polar surface area (TPSA) is 34.1 Å². The van der Waals surface area contributed by atoms with E-state index in [1.165, 1.54) is 6.92 Å². The maximum atomic E-state index is 12.1. The third kappa shape index (κ3) is 0.672. The Bertz CT molecular complexity index is 219. The molecule has 0 radical (unpaired) electrons. The molecule has 0 N–H and O–H groups in total. The maximum Gasteiger partial charge on any atom is 0.349 e. The Morgan fingerprint density at radius 2 is 2.00 bits per heavy atom. The molecule has 0 saturated carbocycles. The molecule has 2 nitrogen and oxygen atoms in total. The Hall–Kier alpha value is -0.190. The second-order valence-corrected chi connectivity index (χ2v) is 4.35. The predicted octanol–water partition coefficient (Wildman–Crippen LogP) is 0.644. The van der Waals surface area contributed by atoms with Gasteiger partial charge in [-0.25, -0.2) is 8.42 Å². The smallest absolute Gasteiger partial charge is 0.223 e. The molecule has 5 heteroatoms. The van der Waals surface area contributed by atoms with Crippen molar-refractivity contribution in [1.82, 2.24) is 0 Å². The van der Waals surface area contributed by atoms with Crippen LogP contribution >= 0.6 is 0 Å². The maximum absolute atomic E-state index is 12.1. The lowest BCUT2D eigenvalue weighted by molar-refractivity contribution is 0.0201. The molecule has 0 aromatic carbocycles. The highest BCUT2D eigenvalue weighted by Gasteiger charge is 2.60. The molecule has 1 unspecified atom stereocenters. The van der Waals surface area contributed by atoms with Gasteiger partial charge >= 0.3 is 5.25 Å². The number of hydrogen-bond acceptors (Lipinski definition) is 2. The van der Waals surface area contributed by atoms with Crippen molar-refractivity contribution in [2.75, 3.05) is 5.75 Å². The van der Waals surface area contributed by atoms with Crippen LogP contribution in [0.1, 0.15) is 6.92 Å². The molecule has 1 heterocycles. The van der Waals surface area contributed by atoms with Gasteiger partial charge in [-0.15, -0.1) is 0 Å². The summed E-state index contributed by atoms with van der Waals surface area (Å²) in [6.45, 7) is 1.22. The third-order valence-corrected chi connectivity index (χ3v) is 3.63. The van der Waals surface area contributed by atoms with Gasteiger partial charge in [0.2, 0.25) is 9.84 Å². The zero-order chi connectivity index (χ0) is 7.28. The minimum atomic E-state index is -4.04. The van der Waals surface area contributed by atoms with Crippen LogP contribution in [0.3, 0.4) is 0 Å². The summed E-state index contributed by atoms with van der Waals surface area (Å²) in [7, 11) is -4.04. The van der Waals surface area contributed by atoms with Crippen LogP contribution in [-0.4, -0.2) is 19.4 Å². The van der Waals surface area contributed by atoms with E-state index in [2.05, 4.69) is 0 Å². The van der Waals surface area contributed by atoms with E-state index in [1.807, 2.05) is 0 Å². The molecule has 0 spiro atoms. The Balaban J connectivity index is 2.96. The van der Waals surface area contributed by atoms with Gasteiger partial charge in [0.25, 0.3) is 0 Å². The summed E-state index contributed by atoms with van der Waals surface area (Å²) < 4.78 is 44.6. The monoisotopic (exact) mass is 156 g/mol. The van der Waals surface area contributed by atoms with Crippen molar-refractivity contribution in [1.29, 1.82) is 0 Å². The van der Waals surface area contributed by atoms with Crippen LogP contribution < -0.4 is 0 Å². The van der Waals surface area contributed by atoms with Gasteiger partial charge in [0.05, 0.1) is 5.75 Å². The van der Waals surface area contributed by atoms with E-state index in [4.69, 9.17) is 0 Å². The molecule has 1 aliphatic rings. The van der Waals surface area contributed by atoms with Crippen LogP contribution in [0, 0.1) is 5.92 Å². The fourth-order valence-corrected chi connectivity index (χ4v) is 2.23. The Labute approximate surface area is 51.8 Å². The highest BCUT2D eigenvalue weighted by Crippen LogP contribution is 2.41. The SMILES string of the molecule is CC1CS(=O)(=O)C1(F)F. The summed E-state index contributed by atoms with van der Waals surface area (Å²) in [4.78, 5) is 0. The molecule has 0 aliphatic carbocycles. The summed E-state index contributed by atoms with van der Waals surface area (Å²) in [6.07, 6.45) is 0. The molecule has 0 aromatic heterocycles. The molecule has 0 bridgehead atoms. The first-order valence-electron chi connectivity index (χ1n) is 2.48. The largest absolute Gasteiger partial charge is 0.349 e. The van der Waals surface area contributed by atoms with Gasteiger partial charge in [0.15, 0.2) is 0 Å². The highest BCUT2D eigenvalue weighted by molar-refractivity contribution is 7.93. The fourth-order valence-electron chi connectivity index (χ4n) is 0.744. The lowest BCUT2D eigenvalue weighted by atomic mass is 10.2. The molecular weight excluding hydrogens is 150 g/mol. The van der Waals surface area contributed by atoms with Gasteiger partial charge in [0.1, 0.15) is 0 Å². The van der Waals surface area contributed by atoms with Gasteiger partial charge in [-0.1, -0.05) is 6.92 Å². The Kier molecular flexibility index (Phi) is 1.11. The molecule has 1 fully saturated rings. The van der Waals surface area contributed by atoms with E-state index < -0.39 is 21.0 Å². The molecular formula is C4H6F2O2S. The summed E-state index contributed by atoms with van der Waals surface area (Å²) in [6, 6.07) is 0. The first kappa shape index (κ1) is 6.92. The van der Waals surface area contributed by atoms with Gasteiger partial charge < -0.3 is 0 Å². The third-order valence-electron chi connectivity index (χ3n) is 1.46. The van der Waals surface area contributed by atoms with E-state index in [0.717, 1.165) is 0 Å². The van der Waals surface area contributed by atoms with Crippen LogP contribution in [0.4, 0.5) is 8.78 Å². The summed E-state index contributed by atoms with van der Waals surface area (Å²) >= 11 is 0. The average Bonchev–Trinajstić information content (AvgIpc) is 1.65. The van der Waals surface area contributed by atoms with Crippen LogP contribution in [0.25, 0.3) is 0 Å². The fraction of sp³-hybridized carbons (Fsp3) is 1.00. The number of halogens is 2. The van der Waals surface area contributed by atoms with E-state index in [0.29, 0.717) is 0 Å². The van der Waals surface area contributed by atoms with E-state index in [-0.39, 0.29) is 5.75 Å².